The van der Waals surface area contributed by atoms with E-state index in [0.717, 1.165) is 0 Å². The number of methoxy groups -OCH3 is 3. The van der Waals surface area contributed by atoms with Crippen LogP contribution in [-0.4, -0.2) is 33.8 Å². The molecule has 1 amide bonds. The first-order valence-corrected chi connectivity index (χ1v) is 7.82. The van der Waals surface area contributed by atoms with E-state index in [1.165, 1.54) is 33.5 Å². The molecule has 0 fully saturated rings. The van der Waals surface area contributed by atoms with Crippen LogP contribution in [0.3, 0.4) is 0 Å². The Bertz CT molecular complexity index is 848. The summed E-state index contributed by atoms with van der Waals surface area (Å²) in [6.45, 7) is -0.317. The summed E-state index contributed by atoms with van der Waals surface area (Å²) in [4.78, 5) is 12.2. The normalized spacial score (nSPS) is 9.81. The molecular formula is C18H17ClN2O5. The maximum Gasteiger partial charge on any atom is 0.262 e. The third-order valence-corrected chi connectivity index (χ3v) is 3.67. The molecule has 7 nitrogen and oxygen atoms in total. The summed E-state index contributed by atoms with van der Waals surface area (Å²) in [5, 5.41) is 11.8. The molecule has 0 saturated carbocycles. The van der Waals surface area contributed by atoms with Crippen LogP contribution in [-0.2, 0) is 4.79 Å². The molecule has 0 spiro atoms. The molecule has 2 rings (SSSR count). The Morgan fingerprint density at radius 3 is 2.46 bits per heavy atom. The number of nitrogens with zero attached hydrogens (tertiary/aromatic N) is 1. The Labute approximate surface area is 156 Å². The van der Waals surface area contributed by atoms with Gasteiger partial charge in [-0.3, -0.25) is 4.79 Å². The van der Waals surface area contributed by atoms with Gasteiger partial charge in [0.1, 0.15) is 11.5 Å². The average molecular weight is 377 g/mol. The van der Waals surface area contributed by atoms with Gasteiger partial charge in [0.15, 0.2) is 18.1 Å². The summed E-state index contributed by atoms with van der Waals surface area (Å²) >= 11 is 6.10. The summed E-state index contributed by atoms with van der Waals surface area (Å²) in [5.41, 5.74) is 0.767. The highest BCUT2D eigenvalue weighted by molar-refractivity contribution is 6.32. The topological polar surface area (TPSA) is 89.8 Å². The smallest absolute Gasteiger partial charge is 0.262 e. The molecule has 26 heavy (non-hydrogen) atoms. The zero-order valence-electron chi connectivity index (χ0n) is 14.5. The van der Waals surface area contributed by atoms with Crippen LogP contribution >= 0.6 is 11.6 Å². The first-order chi connectivity index (χ1) is 12.5. The van der Waals surface area contributed by atoms with Crippen LogP contribution in [0.2, 0.25) is 5.02 Å². The van der Waals surface area contributed by atoms with Crippen LogP contribution in [0.25, 0.3) is 0 Å². The molecule has 0 atom stereocenters. The lowest BCUT2D eigenvalue weighted by Crippen LogP contribution is -2.21. The van der Waals surface area contributed by atoms with Gasteiger partial charge in [0, 0.05) is 12.1 Å². The molecule has 0 radical (unpaired) electrons. The summed E-state index contributed by atoms with van der Waals surface area (Å²) in [7, 11) is 4.44. The van der Waals surface area contributed by atoms with Crippen molar-refractivity contribution in [1.82, 2.24) is 0 Å². The molecule has 0 aliphatic carbocycles. The third-order valence-electron chi connectivity index (χ3n) is 3.39. The van der Waals surface area contributed by atoms with Crippen LogP contribution in [0, 0.1) is 11.3 Å². The van der Waals surface area contributed by atoms with Crippen molar-refractivity contribution >= 4 is 23.2 Å². The first-order valence-electron chi connectivity index (χ1n) is 7.44. The average Bonchev–Trinajstić information content (AvgIpc) is 2.66. The minimum absolute atomic E-state index is 0.174. The molecule has 0 aromatic heterocycles. The summed E-state index contributed by atoms with van der Waals surface area (Å²) in [6.07, 6.45) is 0. The van der Waals surface area contributed by atoms with E-state index in [2.05, 4.69) is 5.32 Å². The van der Waals surface area contributed by atoms with Crippen molar-refractivity contribution in [3.05, 3.63) is 40.9 Å². The SMILES string of the molecule is COc1ccc(OC)c(NC(=O)COc2c(Cl)cc(C#N)cc2OC)c1. The predicted octanol–water partition coefficient (Wildman–Crippen LogP) is 3.25. The Kier molecular flexibility index (Phi) is 6.53. The number of amides is 1. The highest BCUT2D eigenvalue weighted by Crippen LogP contribution is 2.36. The van der Waals surface area contributed by atoms with Gasteiger partial charge in [-0.2, -0.15) is 5.26 Å². The van der Waals surface area contributed by atoms with Crippen molar-refractivity contribution in [2.45, 2.75) is 0 Å². The van der Waals surface area contributed by atoms with Crippen molar-refractivity contribution in [2.24, 2.45) is 0 Å². The fraction of sp³-hybridized carbons (Fsp3) is 0.222. The van der Waals surface area contributed by atoms with Gasteiger partial charge in [-0.15, -0.1) is 0 Å². The lowest BCUT2D eigenvalue weighted by atomic mass is 10.2. The molecule has 0 aliphatic rings. The Balaban J connectivity index is 2.12. The second kappa shape index (κ2) is 8.83. The number of rotatable bonds is 7. The number of benzene rings is 2. The van der Waals surface area contributed by atoms with E-state index in [4.69, 9.17) is 35.8 Å². The molecule has 0 heterocycles. The van der Waals surface area contributed by atoms with E-state index in [1.54, 1.807) is 18.2 Å². The van der Waals surface area contributed by atoms with Gasteiger partial charge < -0.3 is 24.3 Å². The molecular weight excluding hydrogens is 360 g/mol. The van der Waals surface area contributed by atoms with Crippen LogP contribution in [0.15, 0.2) is 30.3 Å². The lowest BCUT2D eigenvalue weighted by Gasteiger charge is -2.14. The van der Waals surface area contributed by atoms with Gasteiger partial charge in [-0.25, -0.2) is 0 Å². The number of carbonyl (C=O) groups is 1. The fourth-order valence-corrected chi connectivity index (χ4v) is 2.43. The van der Waals surface area contributed by atoms with E-state index in [0.29, 0.717) is 22.7 Å². The Hall–Kier alpha value is -3.11. The lowest BCUT2D eigenvalue weighted by molar-refractivity contribution is -0.118. The maximum atomic E-state index is 12.2. The largest absolute Gasteiger partial charge is 0.497 e. The van der Waals surface area contributed by atoms with E-state index in [-0.39, 0.29) is 23.1 Å². The van der Waals surface area contributed by atoms with Crippen molar-refractivity contribution in [3.8, 4) is 29.1 Å². The first kappa shape index (κ1) is 19.2. The second-order valence-electron chi connectivity index (χ2n) is 5.00. The molecule has 0 bridgehead atoms. The predicted molar refractivity (Wildman–Crippen MR) is 96.4 cm³/mol. The molecule has 0 aliphatic heterocycles. The van der Waals surface area contributed by atoms with E-state index >= 15 is 0 Å². The van der Waals surface area contributed by atoms with E-state index < -0.39 is 5.91 Å². The number of carbonyl (C=O) groups excluding carboxylic acids is 1. The minimum Gasteiger partial charge on any atom is -0.497 e. The van der Waals surface area contributed by atoms with Crippen molar-refractivity contribution in [2.75, 3.05) is 33.3 Å². The molecule has 0 saturated heterocycles. The molecule has 0 unspecified atom stereocenters. The van der Waals surface area contributed by atoms with Crippen LogP contribution in [0.4, 0.5) is 5.69 Å². The van der Waals surface area contributed by atoms with Gasteiger partial charge in [0.05, 0.1) is 43.7 Å². The summed E-state index contributed by atoms with van der Waals surface area (Å²) < 4.78 is 21.0. The van der Waals surface area contributed by atoms with E-state index in [9.17, 15) is 4.79 Å². The number of nitriles is 1. The third kappa shape index (κ3) is 4.49. The van der Waals surface area contributed by atoms with Crippen LogP contribution in [0.5, 0.6) is 23.0 Å². The quantitative estimate of drug-likeness (QED) is 0.797. The van der Waals surface area contributed by atoms with Gasteiger partial charge in [0.25, 0.3) is 5.91 Å². The number of ether oxygens (including phenoxy) is 4. The number of hydrogen-bond donors (Lipinski definition) is 1. The summed E-state index contributed by atoms with van der Waals surface area (Å²) in [6, 6.07) is 9.90. The zero-order valence-corrected chi connectivity index (χ0v) is 15.2. The zero-order chi connectivity index (χ0) is 19.1. The number of halogens is 1. The molecule has 2 aromatic rings. The number of anilines is 1. The van der Waals surface area contributed by atoms with Gasteiger partial charge in [0.2, 0.25) is 0 Å². The van der Waals surface area contributed by atoms with Crippen molar-refractivity contribution < 1.29 is 23.7 Å². The van der Waals surface area contributed by atoms with Gasteiger partial charge in [-0.1, -0.05) is 11.6 Å². The van der Waals surface area contributed by atoms with Gasteiger partial charge >= 0.3 is 0 Å². The Morgan fingerprint density at radius 1 is 1.12 bits per heavy atom. The molecule has 8 heteroatoms. The van der Waals surface area contributed by atoms with Crippen LogP contribution in [0.1, 0.15) is 5.56 Å². The van der Waals surface area contributed by atoms with E-state index in [1.807, 2.05) is 6.07 Å². The van der Waals surface area contributed by atoms with Crippen molar-refractivity contribution in [3.63, 3.8) is 0 Å². The maximum absolute atomic E-state index is 12.2. The highest BCUT2D eigenvalue weighted by Gasteiger charge is 2.15. The highest BCUT2D eigenvalue weighted by atomic mass is 35.5. The molecule has 1 N–H and O–H groups in total. The number of nitrogens with one attached hydrogen (secondary N) is 1. The second-order valence-corrected chi connectivity index (χ2v) is 5.41. The fourth-order valence-electron chi connectivity index (χ4n) is 2.16. The minimum atomic E-state index is -0.431. The van der Waals surface area contributed by atoms with Gasteiger partial charge in [-0.05, 0) is 18.2 Å². The standard InChI is InChI=1S/C18H17ClN2O5/c1-23-12-4-5-15(24-2)14(8-12)21-17(22)10-26-18-13(19)6-11(9-20)7-16(18)25-3/h4-8H,10H2,1-3H3,(H,21,22). The molecule has 136 valence electrons. The monoisotopic (exact) mass is 376 g/mol. The molecule has 2 aromatic carbocycles. The Morgan fingerprint density at radius 2 is 1.85 bits per heavy atom. The van der Waals surface area contributed by atoms with Crippen molar-refractivity contribution in [1.29, 1.82) is 5.26 Å². The number of hydrogen-bond acceptors (Lipinski definition) is 6. The van der Waals surface area contributed by atoms with Crippen LogP contribution < -0.4 is 24.3 Å². The summed E-state index contributed by atoms with van der Waals surface area (Å²) in [5.74, 6) is 1.06.